The maximum Gasteiger partial charge on any atom is 0.0406 e. The lowest BCUT2D eigenvalue weighted by molar-refractivity contribution is 0.420. The van der Waals surface area contributed by atoms with E-state index in [0.29, 0.717) is 0 Å². The van der Waals surface area contributed by atoms with Gasteiger partial charge in [-0.1, -0.05) is 23.7 Å². The molecule has 0 saturated heterocycles. The van der Waals surface area contributed by atoms with Crippen molar-refractivity contribution in [3.8, 4) is 0 Å². The summed E-state index contributed by atoms with van der Waals surface area (Å²) in [7, 11) is 0. The van der Waals surface area contributed by atoms with Crippen molar-refractivity contribution in [3.63, 3.8) is 0 Å². The molecule has 0 heterocycles. The Balaban J connectivity index is 1.45. The zero-order chi connectivity index (χ0) is 11.7. The van der Waals surface area contributed by atoms with E-state index in [9.17, 15) is 0 Å². The summed E-state index contributed by atoms with van der Waals surface area (Å²) in [6.07, 6.45) is 6.93. The Hall–Kier alpha value is -0.530. The van der Waals surface area contributed by atoms with Crippen LogP contribution in [0.4, 0.5) is 0 Å². The SMILES string of the molecule is Clc1ccc(CCNC(C2CC2)C2CC2)cc1. The molecule has 0 amide bonds. The Morgan fingerprint density at radius 1 is 1.06 bits per heavy atom. The van der Waals surface area contributed by atoms with E-state index in [2.05, 4.69) is 17.4 Å². The van der Waals surface area contributed by atoms with E-state index in [0.717, 1.165) is 35.9 Å². The summed E-state index contributed by atoms with van der Waals surface area (Å²) < 4.78 is 0. The van der Waals surface area contributed by atoms with Gasteiger partial charge in [-0.3, -0.25) is 0 Å². The molecule has 0 bridgehead atoms. The Morgan fingerprint density at radius 2 is 1.65 bits per heavy atom. The minimum atomic E-state index is 0.822. The van der Waals surface area contributed by atoms with E-state index < -0.39 is 0 Å². The Kier molecular flexibility index (Phi) is 3.39. The predicted molar refractivity (Wildman–Crippen MR) is 72.4 cm³/mol. The lowest BCUT2D eigenvalue weighted by Crippen LogP contribution is -2.34. The van der Waals surface area contributed by atoms with Gasteiger partial charge in [0.25, 0.3) is 0 Å². The van der Waals surface area contributed by atoms with Gasteiger partial charge in [0.05, 0.1) is 0 Å². The second-order valence-corrected chi connectivity index (χ2v) is 5.97. The van der Waals surface area contributed by atoms with Crippen LogP contribution in [0, 0.1) is 11.8 Å². The summed E-state index contributed by atoms with van der Waals surface area (Å²) in [5.74, 6) is 1.99. The molecule has 2 heteroatoms. The number of rotatable bonds is 6. The number of nitrogens with one attached hydrogen (secondary N) is 1. The summed E-state index contributed by atoms with van der Waals surface area (Å²) in [6, 6.07) is 9.05. The van der Waals surface area contributed by atoms with Gasteiger partial charge in [-0.05, 0) is 68.2 Å². The van der Waals surface area contributed by atoms with Crippen LogP contribution in [0.5, 0.6) is 0 Å². The highest BCUT2D eigenvalue weighted by molar-refractivity contribution is 6.30. The summed E-state index contributed by atoms with van der Waals surface area (Å²) >= 11 is 5.88. The van der Waals surface area contributed by atoms with Gasteiger partial charge in [0.2, 0.25) is 0 Å². The highest BCUT2D eigenvalue weighted by Crippen LogP contribution is 2.44. The lowest BCUT2D eigenvalue weighted by Gasteiger charge is -2.17. The molecule has 1 aromatic rings. The quantitative estimate of drug-likeness (QED) is 0.811. The molecule has 1 nitrogen and oxygen atoms in total. The smallest absolute Gasteiger partial charge is 0.0406 e. The van der Waals surface area contributed by atoms with Crippen molar-refractivity contribution >= 4 is 11.6 Å². The molecule has 2 aliphatic carbocycles. The Bertz CT molecular complexity index is 353. The minimum Gasteiger partial charge on any atom is -0.313 e. The molecule has 92 valence electrons. The van der Waals surface area contributed by atoms with Gasteiger partial charge in [-0.25, -0.2) is 0 Å². The zero-order valence-corrected chi connectivity index (χ0v) is 10.9. The van der Waals surface area contributed by atoms with E-state index in [1.54, 1.807) is 0 Å². The zero-order valence-electron chi connectivity index (χ0n) is 10.2. The monoisotopic (exact) mass is 249 g/mol. The normalized spacial score (nSPS) is 19.9. The van der Waals surface area contributed by atoms with E-state index in [1.165, 1.54) is 31.2 Å². The minimum absolute atomic E-state index is 0.822. The third-order valence-corrected chi connectivity index (χ3v) is 4.22. The standard InChI is InChI=1S/C15H20ClN/c16-14-7-1-11(2-8-14)9-10-17-15(12-3-4-12)13-5-6-13/h1-2,7-8,12-13,15,17H,3-6,9-10H2. The highest BCUT2D eigenvalue weighted by atomic mass is 35.5. The molecule has 2 aliphatic rings. The molecule has 0 unspecified atom stereocenters. The third kappa shape index (κ3) is 3.23. The first-order valence-corrected chi connectivity index (χ1v) is 7.18. The molecule has 2 fully saturated rings. The van der Waals surface area contributed by atoms with Crippen molar-refractivity contribution in [1.82, 2.24) is 5.32 Å². The Morgan fingerprint density at radius 3 is 2.18 bits per heavy atom. The van der Waals surface area contributed by atoms with Crippen molar-refractivity contribution in [2.75, 3.05) is 6.54 Å². The van der Waals surface area contributed by atoms with Gasteiger partial charge in [0.1, 0.15) is 0 Å². The number of hydrogen-bond acceptors (Lipinski definition) is 1. The maximum atomic E-state index is 5.88. The first kappa shape index (κ1) is 11.6. The molecule has 0 atom stereocenters. The topological polar surface area (TPSA) is 12.0 Å². The summed E-state index contributed by atoms with van der Waals surface area (Å²) in [5, 5.41) is 4.60. The third-order valence-electron chi connectivity index (χ3n) is 3.97. The largest absolute Gasteiger partial charge is 0.313 e. The van der Waals surface area contributed by atoms with Gasteiger partial charge >= 0.3 is 0 Å². The molecule has 2 saturated carbocycles. The molecular formula is C15H20ClN. The van der Waals surface area contributed by atoms with Gasteiger partial charge in [0.15, 0.2) is 0 Å². The van der Waals surface area contributed by atoms with Gasteiger partial charge in [0, 0.05) is 11.1 Å². The summed E-state index contributed by atoms with van der Waals surface area (Å²) in [5.41, 5.74) is 1.38. The van der Waals surface area contributed by atoms with Crippen molar-refractivity contribution in [2.45, 2.75) is 38.1 Å². The molecule has 0 aliphatic heterocycles. The summed E-state index contributed by atoms with van der Waals surface area (Å²) in [6.45, 7) is 1.11. The molecule has 1 N–H and O–H groups in total. The molecule has 0 spiro atoms. The van der Waals surface area contributed by atoms with Crippen molar-refractivity contribution in [3.05, 3.63) is 34.9 Å². The van der Waals surface area contributed by atoms with Crippen LogP contribution >= 0.6 is 11.6 Å². The van der Waals surface area contributed by atoms with Crippen LogP contribution in [-0.4, -0.2) is 12.6 Å². The molecule has 3 rings (SSSR count). The maximum absolute atomic E-state index is 5.88. The highest BCUT2D eigenvalue weighted by Gasteiger charge is 2.40. The number of benzene rings is 1. The molecular weight excluding hydrogens is 230 g/mol. The van der Waals surface area contributed by atoms with Crippen LogP contribution in [0.1, 0.15) is 31.2 Å². The van der Waals surface area contributed by atoms with Gasteiger partial charge in [-0.2, -0.15) is 0 Å². The van der Waals surface area contributed by atoms with Crippen molar-refractivity contribution in [2.24, 2.45) is 11.8 Å². The first-order valence-electron chi connectivity index (χ1n) is 6.81. The Labute approximate surface area is 109 Å². The van der Waals surface area contributed by atoms with Crippen molar-refractivity contribution in [1.29, 1.82) is 0 Å². The molecule has 17 heavy (non-hydrogen) atoms. The van der Waals surface area contributed by atoms with E-state index in [1.807, 2.05) is 12.1 Å². The number of hydrogen-bond donors (Lipinski definition) is 1. The molecule has 1 aromatic carbocycles. The first-order chi connectivity index (χ1) is 8.33. The fourth-order valence-corrected chi connectivity index (χ4v) is 2.79. The average Bonchev–Trinajstić information content (AvgIpc) is 3.19. The van der Waals surface area contributed by atoms with Crippen LogP contribution in [-0.2, 0) is 6.42 Å². The van der Waals surface area contributed by atoms with Crippen LogP contribution < -0.4 is 5.32 Å². The van der Waals surface area contributed by atoms with E-state index in [4.69, 9.17) is 11.6 Å². The number of halogens is 1. The molecule has 0 radical (unpaired) electrons. The van der Waals surface area contributed by atoms with E-state index in [-0.39, 0.29) is 0 Å². The predicted octanol–water partition coefficient (Wildman–Crippen LogP) is 3.66. The fraction of sp³-hybridized carbons (Fsp3) is 0.600. The lowest BCUT2D eigenvalue weighted by atomic mass is 10.1. The van der Waals surface area contributed by atoms with Crippen LogP contribution in [0.3, 0.4) is 0 Å². The van der Waals surface area contributed by atoms with Gasteiger partial charge in [-0.15, -0.1) is 0 Å². The average molecular weight is 250 g/mol. The van der Waals surface area contributed by atoms with Crippen LogP contribution in [0.15, 0.2) is 24.3 Å². The fourth-order valence-electron chi connectivity index (χ4n) is 2.66. The van der Waals surface area contributed by atoms with Crippen LogP contribution in [0.25, 0.3) is 0 Å². The van der Waals surface area contributed by atoms with Crippen molar-refractivity contribution < 1.29 is 0 Å². The summed E-state index contributed by atoms with van der Waals surface area (Å²) in [4.78, 5) is 0. The molecule has 0 aromatic heterocycles. The van der Waals surface area contributed by atoms with Crippen LogP contribution in [0.2, 0.25) is 5.02 Å². The van der Waals surface area contributed by atoms with E-state index >= 15 is 0 Å². The second-order valence-electron chi connectivity index (χ2n) is 5.53. The van der Waals surface area contributed by atoms with Gasteiger partial charge < -0.3 is 5.32 Å². The second kappa shape index (κ2) is 4.99.